The Morgan fingerprint density at radius 2 is 2.14 bits per heavy atom. The predicted molar refractivity (Wildman–Crippen MR) is 77.1 cm³/mol. The lowest BCUT2D eigenvalue weighted by Gasteiger charge is -2.19. The molecule has 0 radical (unpaired) electrons. The van der Waals surface area contributed by atoms with Crippen molar-refractivity contribution in [2.24, 2.45) is 0 Å². The molecule has 0 aliphatic carbocycles. The van der Waals surface area contributed by atoms with Crippen molar-refractivity contribution in [3.05, 3.63) is 40.7 Å². The van der Waals surface area contributed by atoms with Gasteiger partial charge in [0.15, 0.2) is 0 Å². The molecule has 1 aromatic carbocycles. The molecule has 0 unspecified atom stereocenters. The van der Waals surface area contributed by atoms with E-state index in [9.17, 15) is 14.3 Å². The highest BCUT2D eigenvalue weighted by atomic mass is 32.1. The van der Waals surface area contributed by atoms with E-state index >= 15 is 0 Å². The van der Waals surface area contributed by atoms with Crippen LogP contribution in [0.4, 0.5) is 9.52 Å². The van der Waals surface area contributed by atoms with Crippen LogP contribution < -0.4 is 4.90 Å². The summed E-state index contributed by atoms with van der Waals surface area (Å²) in [6.07, 6.45) is 2.07. The largest absolute Gasteiger partial charge is 0.480 e. The van der Waals surface area contributed by atoms with Gasteiger partial charge in [-0.25, -0.2) is 9.18 Å². The van der Waals surface area contributed by atoms with Crippen LogP contribution >= 0.6 is 11.3 Å². The number of hydrogen-bond donors (Lipinski definition) is 1. The minimum Gasteiger partial charge on any atom is -0.480 e. The summed E-state index contributed by atoms with van der Waals surface area (Å²) in [5.74, 6) is -1.08. The van der Waals surface area contributed by atoms with Gasteiger partial charge in [0.2, 0.25) is 5.13 Å². The second-order valence-electron chi connectivity index (χ2n) is 4.97. The van der Waals surface area contributed by atoms with Gasteiger partial charge in [-0.3, -0.25) is 0 Å². The maximum atomic E-state index is 12.9. The van der Waals surface area contributed by atoms with Gasteiger partial charge in [0, 0.05) is 13.0 Å². The molecular formula is C14H14FN3O2S. The number of carbonyl (C=O) groups is 1. The Balaban J connectivity index is 1.74. The second kappa shape index (κ2) is 5.77. The second-order valence-corrected chi connectivity index (χ2v) is 6.01. The molecule has 3 rings (SSSR count). The molecule has 2 aromatic rings. The van der Waals surface area contributed by atoms with E-state index in [-0.39, 0.29) is 5.82 Å². The Bertz CT molecular complexity index is 644. The van der Waals surface area contributed by atoms with Gasteiger partial charge in [0.25, 0.3) is 0 Å². The van der Waals surface area contributed by atoms with Crippen molar-refractivity contribution in [2.45, 2.75) is 25.3 Å². The molecule has 0 amide bonds. The number of halogens is 1. The van der Waals surface area contributed by atoms with E-state index in [0.717, 1.165) is 17.0 Å². The van der Waals surface area contributed by atoms with Gasteiger partial charge in [0.05, 0.1) is 0 Å². The summed E-state index contributed by atoms with van der Waals surface area (Å²) >= 11 is 1.40. The minimum absolute atomic E-state index is 0.266. The number of carboxylic acids is 1. The molecule has 1 aliphatic rings. The summed E-state index contributed by atoms with van der Waals surface area (Å²) in [5.41, 5.74) is 0.954. The van der Waals surface area contributed by atoms with Crippen LogP contribution in [-0.2, 0) is 11.2 Å². The van der Waals surface area contributed by atoms with Gasteiger partial charge in [0.1, 0.15) is 16.9 Å². The lowest BCUT2D eigenvalue weighted by Crippen LogP contribution is -2.35. The molecule has 0 spiro atoms. The topological polar surface area (TPSA) is 66.3 Å². The molecule has 110 valence electrons. The Kier molecular flexibility index (Phi) is 3.83. The molecular weight excluding hydrogens is 293 g/mol. The van der Waals surface area contributed by atoms with Crippen molar-refractivity contribution in [3.8, 4) is 0 Å². The average Bonchev–Trinajstić information content (AvgIpc) is 3.09. The van der Waals surface area contributed by atoms with Crippen LogP contribution in [0.3, 0.4) is 0 Å². The average molecular weight is 307 g/mol. The van der Waals surface area contributed by atoms with Gasteiger partial charge < -0.3 is 10.0 Å². The number of carboxylic acid groups (broad SMARTS) is 1. The first kappa shape index (κ1) is 13.9. The quantitative estimate of drug-likeness (QED) is 0.939. The Morgan fingerprint density at radius 3 is 2.86 bits per heavy atom. The van der Waals surface area contributed by atoms with Crippen molar-refractivity contribution in [2.75, 3.05) is 11.4 Å². The van der Waals surface area contributed by atoms with Gasteiger partial charge in [-0.1, -0.05) is 23.5 Å². The molecule has 21 heavy (non-hydrogen) atoms. The fraction of sp³-hybridized carbons (Fsp3) is 0.357. The number of aromatic nitrogens is 2. The fourth-order valence-electron chi connectivity index (χ4n) is 2.46. The number of hydrogen-bond acceptors (Lipinski definition) is 5. The van der Waals surface area contributed by atoms with Crippen LogP contribution in [0.2, 0.25) is 0 Å². The van der Waals surface area contributed by atoms with Crippen molar-refractivity contribution in [1.29, 1.82) is 0 Å². The monoisotopic (exact) mass is 307 g/mol. The molecule has 1 aromatic heterocycles. The third-order valence-electron chi connectivity index (χ3n) is 3.51. The molecule has 1 N–H and O–H groups in total. The molecule has 5 nitrogen and oxygen atoms in total. The summed E-state index contributed by atoms with van der Waals surface area (Å²) in [7, 11) is 0. The highest BCUT2D eigenvalue weighted by Gasteiger charge is 2.32. The maximum absolute atomic E-state index is 12.9. The lowest BCUT2D eigenvalue weighted by molar-refractivity contribution is -0.138. The summed E-state index contributed by atoms with van der Waals surface area (Å²) < 4.78 is 12.9. The fourth-order valence-corrected chi connectivity index (χ4v) is 3.41. The molecule has 1 atom stereocenters. The molecule has 1 fully saturated rings. The summed E-state index contributed by atoms with van der Waals surface area (Å²) in [6.45, 7) is 0.697. The van der Waals surface area contributed by atoms with Crippen LogP contribution in [-0.4, -0.2) is 33.9 Å². The third-order valence-corrected chi connectivity index (χ3v) is 4.47. The van der Waals surface area contributed by atoms with E-state index < -0.39 is 12.0 Å². The minimum atomic E-state index is -0.817. The van der Waals surface area contributed by atoms with Crippen LogP contribution in [0.25, 0.3) is 0 Å². The molecule has 2 heterocycles. The van der Waals surface area contributed by atoms with Crippen molar-refractivity contribution in [3.63, 3.8) is 0 Å². The van der Waals surface area contributed by atoms with Gasteiger partial charge in [-0.2, -0.15) is 0 Å². The molecule has 0 bridgehead atoms. The van der Waals surface area contributed by atoms with E-state index in [2.05, 4.69) is 10.2 Å². The first-order valence-electron chi connectivity index (χ1n) is 6.70. The van der Waals surface area contributed by atoms with E-state index in [0.29, 0.717) is 24.5 Å². The van der Waals surface area contributed by atoms with Gasteiger partial charge >= 0.3 is 5.97 Å². The van der Waals surface area contributed by atoms with Crippen molar-refractivity contribution >= 4 is 22.4 Å². The molecule has 0 saturated carbocycles. The van der Waals surface area contributed by atoms with Gasteiger partial charge in [-0.05, 0) is 30.5 Å². The smallest absolute Gasteiger partial charge is 0.326 e. The summed E-state index contributed by atoms with van der Waals surface area (Å²) in [6, 6.07) is 5.76. The number of benzene rings is 1. The lowest BCUT2D eigenvalue weighted by atomic mass is 10.2. The number of rotatable bonds is 4. The first-order chi connectivity index (χ1) is 10.1. The van der Waals surface area contributed by atoms with Gasteiger partial charge in [-0.15, -0.1) is 10.2 Å². The Hall–Kier alpha value is -2.02. The normalized spacial score (nSPS) is 18.1. The summed E-state index contributed by atoms with van der Waals surface area (Å²) in [4.78, 5) is 13.0. The molecule has 1 aliphatic heterocycles. The zero-order valence-corrected chi connectivity index (χ0v) is 12.0. The van der Waals surface area contributed by atoms with Crippen LogP contribution in [0.1, 0.15) is 23.4 Å². The van der Waals surface area contributed by atoms with Crippen LogP contribution in [0.5, 0.6) is 0 Å². The molecule has 1 saturated heterocycles. The number of nitrogens with zero attached hydrogens (tertiary/aromatic N) is 3. The highest BCUT2D eigenvalue weighted by Crippen LogP contribution is 2.29. The van der Waals surface area contributed by atoms with Crippen LogP contribution in [0.15, 0.2) is 24.3 Å². The standard InChI is InChI=1S/C14H14FN3O2S/c15-10-5-3-9(4-6-10)8-12-16-17-14(21-12)18-7-1-2-11(18)13(19)20/h3-6,11H,1-2,7-8H2,(H,19,20)/t11-/m0/s1. The van der Waals surface area contributed by atoms with E-state index in [1.165, 1.54) is 23.5 Å². The highest BCUT2D eigenvalue weighted by molar-refractivity contribution is 7.15. The first-order valence-corrected chi connectivity index (χ1v) is 7.51. The SMILES string of the molecule is O=C(O)[C@@H]1CCCN1c1nnc(Cc2ccc(F)cc2)s1. The maximum Gasteiger partial charge on any atom is 0.326 e. The zero-order chi connectivity index (χ0) is 14.8. The number of anilines is 1. The van der Waals surface area contributed by atoms with E-state index in [1.807, 2.05) is 0 Å². The predicted octanol–water partition coefficient (Wildman–Crippen LogP) is 2.32. The molecule has 7 heteroatoms. The van der Waals surface area contributed by atoms with E-state index in [4.69, 9.17) is 0 Å². The van der Waals surface area contributed by atoms with Crippen LogP contribution in [0, 0.1) is 5.82 Å². The van der Waals surface area contributed by atoms with Crippen molar-refractivity contribution < 1.29 is 14.3 Å². The van der Waals surface area contributed by atoms with Crippen molar-refractivity contribution in [1.82, 2.24) is 10.2 Å². The summed E-state index contributed by atoms with van der Waals surface area (Å²) in [5, 5.41) is 18.9. The number of aliphatic carboxylic acids is 1. The van der Waals surface area contributed by atoms with E-state index in [1.54, 1.807) is 17.0 Å². The Morgan fingerprint density at radius 1 is 1.38 bits per heavy atom. The third kappa shape index (κ3) is 3.02. The Labute approximate surface area is 125 Å². The zero-order valence-electron chi connectivity index (χ0n) is 11.2.